The van der Waals surface area contributed by atoms with Crippen LogP contribution in [0.4, 0.5) is 0 Å². The van der Waals surface area contributed by atoms with Gasteiger partial charge in [0.05, 0.1) is 11.1 Å². The van der Waals surface area contributed by atoms with Crippen LogP contribution in [0.25, 0.3) is 0 Å². The van der Waals surface area contributed by atoms with Gasteiger partial charge in [-0.25, -0.2) is 9.59 Å². The van der Waals surface area contributed by atoms with Gasteiger partial charge in [0.25, 0.3) is 0 Å². The Balaban J connectivity index is 1.56. The average Bonchev–Trinajstić information content (AvgIpc) is 2.85. The van der Waals surface area contributed by atoms with Crippen LogP contribution in [-0.2, 0) is 38.5 Å². The second-order valence-electron chi connectivity index (χ2n) is 9.65. The van der Waals surface area contributed by atoms with E-state index in [1.165, 1.54) is 35.1 Å². The number of benzene rings is 3. The first kappa shape index (κ1) is 22.4. The summed E-state index contributed by atoms with van der Waals surface area (Å²) < 4.78 is 0. The first-order valence-electron chi connectivity index (χ1n) is 12.3. The molecule has 3 aromatic carbocycles. The predicted octanol–water partition coefficient (Wildman–Crippen LogP) is 6.02. The standard InChI is InChI=1S/C30H30O4/c31-29(32)27-18-24(16-22-12-6-10-20-8-2-4-14-26(20)22)28(30(33)34)17-23(27)15-21-11-5-9-19-7-1-3-13-25(19)21/h5-6,9-12,17-18H,1-4,7-8,13-16H2,(H,31,32)(H,33,34). The zero-order chi connectivity index (χ0) is 23.7. The van der Waals surface area contributed by atoms with Crippen molar-refractivity contribution in [1.82, 2.24) is 0 Å². The lowest BCUT2D eigenvalue weighted by Gasteiger charge is -2.21. The normalized spacial score (nSPS) is 14.8. The SMILES string of the molecule is O=C(O)c1cc(Cc2cccc3c2CCCC3)c(C(=O)O)cc1Cc1cccc2c1CCCC2. The van der Waals surface area contributed by atoms with Crippen molar-refractivity contribution in [3.63, 3.8) is 0 Å². The number of aryl methyl sites for hydroxylation is 2. The fourth-order valence-corrected chi connectivity index (χ4v) is 5.84. The summed E-state index contributed by atoms with van der Waals surface area (Å²) in [4.78, 5) is 24.5. The largest absolute Gasteiger partial charge is 0.478 e. The summed E-state index contributed by atoms with van der Waals surface area (Å²) in [5.74, 6) is -2.01. The van der Waals surface area contributed by atoms with Gasteiger partial charge in [-0.3, -0.25) is 0 Å². The minimum Gasteiger partial charge on any atom is -0.478 e. The lowest BCUT2D eigenvalue weighted by Crippen LogP contribution is -2.13. The first-order chi connectivity index (χ1) is 16.5. The molecule has 0 saturated carbocycles. The Morgan fingerprint density at radius 3 is 1.41 bits per heavy atom. The number of fused-ring (bicyclic) bond motifs is 2. The first-order valence-corrected chi connectivity index (χ1v) is 12.3. The van der Waals surface area contributed by atoms with Gasteiger partial charge >= 0.3 is 11.9 Å². The fourth-order valence-electron chi connectivity index (χ4n) is 5.84. The molecule has 2 N–H and O–H groups in total. The van der Waals surface area contributed by atoms with Gasteiger partial charge in [0.2, 0.25) is 0 Å². The second kappa shape index (κ2) is 9.46. The molecule has 0 spiro atoms. The molecule has 0 bridgehead atoms. The summed E-state index contributed by atoms with van der Waals surface area (Å²) in [6.45, 7) is 0. The van der Waals surface area contributed by atoms with E-state index in [2.05, 4.69) is 24.3 Å². The molecule has 0 aromatic heterocycles. The van der Waals surface area contributed by atoms with Crippen molar-refractivity contribution in [3.05, 3.63) is 104 Å². The number of hydrogen-bond donors (Lipinski definition) is 2. The van der Waals surface area contributed by atoms with E-state index in [1.807, 2.05) is 12.1 Å². The Labute approximate surface area is 200 Å². The maximum atomic E-state index is 12.3. The highest BCUT2D eigenvalue weighted by Crippen LogP contribution is 2.31. The lowest BCUT2D eigenvalue weighted by atomic mass is 9.83. The van der Waals surface area contributed by atoms with Crippen LogP contribution in [-0.4, -0.2) is 22.2 Å². The van der Waals surface area contributed by atoms with Crippen LogP contribution >= 0.6 is 0 Å². The third kappa shape index (κ3) is 4.37. The molecule has 0 amide bonds. The van der Waals surface area contributed by atoms with Crippen molar-refractivity contribution in [2.75, 3.05) is 0 Å². The van der Waals surface area contributed by atoms with Crippen molar-refractivity contribution >= 4 is 11.9 Å². The maximum Gasteiger partial charge on any atom is 0.335 e. The third-order valence-corrected chi connectivity index (χ3v) is 7.54. The molecule has 34 heavy (non-hydrogen) atoms. The van der Waals surface area contributed by atoms with Gasteiger partial charge in [0.15, 0.2) is 0 Å². The highest BCUT2D eigenvalue weighted by Gasteiger charge is 2.22. The number of carboxylic acid groups (broad SMARTS) is 2. The number of aromatic carboxylic acids is 2. The summed E-state index contributed by atoms with van der Waals surface area (Å²) in [6, 6.07) is 15.7. The third-order valence-electron chi connectivity index (χ3n) is 7.54. The smallest absolute Gasteiger partial charge is 0.335 e. The summed E-state index contributed by atoms with van der Waals surface area (Å²) in [5, 5.41) is 20.1. The second-order valence-corrected chi connectivity index (χ2v) is 9.65. The Morgan fingerprint density at radius 2 is 1.00 bits per heavy atom. The highest BCUT2D eigenvalue weighted by molar-refractivity contribution is 5.95. The van der Waals surface area contributed by atoms with Crippen molar-refractivity contribution < 1.29 is 19.8 Å². The minimum absolute atomic E-state index is 0.207. The van der Waals surface area contributed by atoms with Crippen LogP contribution < -0.4 is 0 Å². The molecule has 0 radical (unpaired) electrons. The summed E-state index contributed by atoms with van der Waals surface area (Å²) in [5.41, 5.74) is 9.07. The highest BCUT2D eigenvalue weighted by atomic mass is 16.4. The van der Waals surface area contributed by atoms with Crippen LogP contribution in [0.3, 0.4) is 0 Å². The van der Waals surface area contributed by atoms with Gasteiger partial charge in [0.1, 0.15) is 0 Å². The molecule has 0 unspecified atom stereocenters. The van der Waals surface area contributed by atoms with Crippen LogP contribution in [0.5, 0.6) is 0 Å². The lowest BCUT2D eigenvalue weighted by molar-refractivity contribution is 0.0679. The summed E-state index contributed by atoms with van der Waals surface area (Å²) >= 11 is 0. The molecular weight excluding hydrogens is 424 g/mol. The van der Waals surface area contributed by atoms with Crippen molar-refractivity contribution in [1.29, 1.82) is 0 Å². The topological polar surface area (TPSA) is 74.6 Å². The number of rotatable bonds is 6. The van der Waals surface area contributed by atoms with Crippen molar-refractivity contribution in [2.45, 2.75) is 64.2 Å². The minimum atomic E-state index is -1.01. The van der Waals surface area contributed by atoms with Crippen molar-refractivity contribution in [3.8, 4) is 0 Å². The Hall–Kier alpha value is -3.40. The quantitative estimate of drug-likeness (QED) is 0.477. The van der Waals surface area contributed by atoms with E-state index in [0.717, 1.165) is 49.7 Å². The molecule has 0 saturated heterocycles. The van der Waals surface area contributed by atoms with Gasteiger partial charge in [-0.15, -0.1) is 0 Å². The number of carboxylic acids is 2. The van der Waals surface area contributed by atoms with E-state index in [0.29, 0.717) is 24.0 Å². The zero-order valence-corrected chi connectivity index (χ0v) is 19.4. The molecule has 174 valence electrons. The molecule has 0 heterocycles. The molecule has 4 heteroatoms. The van der Waals surface area contributed by atoms with Crippen LogP contribution in [0.15, 0.2) is 48.5 Å². The molecule has 0 fully saturated rings. The molecule has 2 aliphatic carbocycles. The molecule has 2 aliphatic rings. The van der Waals surface area contributed by atoms with E-state index in [4.69, 9.17) is 0 Å². The molecule has 3 aromatic rings. The van der Waals surface area contributed by atoms with Gasteiger partial charge in [-0.2, -0.15) is 0 Å². The zero-order valence-electron chi connectivity index (χ0n) is 19.4. The van der Waals surface area contributed by atoms with E-state index in [9.17, 15) is 19.8 Å². The van der Waals surface area contributed by atoms with E-state index in [1.54, 1.807) is 12.1 Å². The van der Waals surface area contributed by atoms with Crippen LogP contribution in [0.1, 0.15) is 90.9 Å². The maximum absolute atomic E-state index is 12.3. The van der Waals surface area contributed by atoms with Crippen LogP contribution in [0, 0.1) is 0 Å². The number of hydrogen-bond acceptors (Lipinski definition) is 2. The van der Waals surface area contributed by atoms with Crippen LogP contribution in [0.2, 0.25) is 0 Å². The Kier molecular flexibility index (Phi) is 6.23. The van der Waals surface area contributed by atoms with Gasteiger partial charge < -0.3 is 10.2 Å². The van der Waals surface area contributed by atoms with E-state index in [-0.39, 0.29) is 11.1 Å². The molecule has 0 aliphatic heterocycles. The predicted molar refractivity (Wildman–Crippen MR) is 132 cm³/mol. The average molecular weight is 455 g/mol. The summed E-state index contributed by atoms with van der Waals surface area (Å²) in [7, 11) is 0. The van der Waals surface area contributed by atoms with E-state index >= 15 is 0 Å². The van der Waals surface area contributed by atoms with Crippen molar-refractivity contribution in [2.24, 2.45) is 0 Å². The molecular formula is C30H30O4. The number of carbonyl (C=O) groups is 2. The Bertz CT molecular complexity index is 1170. The fraction of sp³-hybridized carbons (Fsp3) is 0.333. The summed E-state index contributed by atoms with van der Waals surface area (Å²) in [6.07, 6.45) is 9.60. The Morgan fingerprint density at radius 1 is 0.588 bits per heavy atom. The monoisotopic (exact) mass is 454 g/mol. The molecule has 0 atom stereocenters. The van der Waals surface area contributed by atoms with Gasteiger partial charge in [-0.1, -0.05) is 36.4 Å². The van der Waals surface area contributed by atoms with E-state index < -0.39 is 11.9 Å². The molecule has 5 rings (SSSR count). The molecule has 4 nitrogen and oxygen atoms in total. The van der Waals surface area contributed by atoms with Gasteiger partial charge in [-0.05, 0) is 121 Å². The van der Waals surface area contributed by atoms with Gasteiger partial charge in [0, 0.05) is 0 Å².